The number of fused-ring (bicyclic) bond motifs is 1. The van der Waals surface area contributed by atoms with E-state index in [1.165, 1.54) is 23.5 Å². The number of halogens is 3. The first kappa shape index (κ1) is 18.1. The Morgan fingerprint density at radius 3 is 2.59 bits per heavy atom. The second kappa shape index (κ2) is 7.38. The highest BCUT2D eigenvalue weighted by molar-refractivity contribution is 7.22. The Bertz CT molecular complexity index is 997. The number of anilines is 2. The minimum atomic E-state index is -0.903. The molecule has 0 spiro atoms. The minimum absolute atomic E-state index is 0.230. The van der Waals surface area contributed by atoms with Crippen molar-refractivity contribution in [2.75, 3.05) is 36.4 Å². The van der Waals surface area contributed by atoms with Gasteiger partial charge in [-0.05, 0) is 24.3 Å². The summed E-state index contributed by atoms with van der Waals surface area (Å²) in [5, 5.41) is 6.31. The maximum atomic E-state index is 14.5. The number of para-hydroxylation sites is 1. The highest BCUT2D eigenvalue weighted by Gasteiger charge is 2.22. The molecule has 0 bridgehead atoms. The summed E-state index contributed by atoms with van der Waals surface area (Å²) in [6, 6.07) is 7.64. The molecule has 2 aromatic carbocycles. The van der Waals surface area contributed by atoms with Crippen molar-refractivity contribution >= 4 is 49.9 Å². The summed E-state index contributed by atoms with van der Waals surface area (Å²) in [5.74, 6) is -2.69. The van der Waals surface area contributed by atoms with Gasteiger partial charge in [0, 0.05) is 31.9 Å². The molecule has 0 atom stereocenters. The van der Waals surface area contributed by atoms with Gasteiger partial charge >= 0.3 is 0 Å². The zero-order chi connectivity index (χ0) is 19.0. The SMILES string of the molecule is O=C(Nc1nc2c(Cl)cccc2s1)c1c(F)cc(N2CCNCC2)cc1F. The number of nitrogens with one attached hydrogen (secondary N) is 2. The van der Waals surface area contributed by atoms with E-state index in [4.69, 9.17) is 11.6 Å². The third-order valence-corrected chi connectivity index (χ3v) is 5.57. The molecule has 5 nitrogen and oxygen atoms in total. The fourth-order valence-electron chi connectivity index (χ4n) is 3.01. The molecule has 0 radical (unpaired) electrons. The number of hydrogen-bond donors (Lipinski definition) is 2. The van der Waals surface area contributed by atoms with Gasteiger partial charge in [0.15, 0.2) is 5.13 Å². The number of amides is 1. The van der Waals surface area contributed by atoms with Gasteiger partial charge < -0.3 is 10.2 Å². The smallest absolute Gasteiger partial charge is 0.263 e. The van der Waals surface area contributed by atoms with Gasteiger partial charge in [0.25, 0.3) is 5.91 Å². The molecule has 0 aliphatic carbocycles. The lowest BCUT2D eigenvalue weighted by Crippen LogP contribution is -2.43. The van der Waals surface area contributed by atoms with Crippen LogP contribution in [0.4, 0.5) is 19.6 Å². The van der Waals surface area contributed by atoms with Crippen LogP contribution in [0.1, 0.15) is 10.4 Å². The standard InChI is InChI=1S/C18H15ClF2N4OS/c19-11-2-1-3-14-16(11)23-18(27-14)24-17(26)15-12(20)8-10(9-13(15)21)25-6-4-22-5-7-25/h1-3,8-9,22H,4-7H2,(H,23,24,26). The monoisotopic (exact) mass is 408 g/mol. The Morgan fingerprint density at radius 1 is 1.22 bits per heavy atom. The molecule has 2 heterocycles. The number of aromatic nitrogens is 1. The predicted octanol–water partition coefficient (Wildman–Crippen LogP) is 3.89. The summed E-state index contributed by atoms with van der Waals surface area (Å²) in [5.41, 5.74) is 0.337. The van der Waals surface area contributed by atoms with Crippen LogP contribution in [-0.4, -0.2) is 37.1 Å². The highest BCUT2D eigenvalue weighted by Crippen LogP contribution is 2.31. The number of nitrogens with zero attached hydrogens (tertiary/aromatic N) is 2. The summed E-state index contributed by atoms with van der Waals surface area (Å²) in [4.78, 5) is 18.5. The maximum Gasteiger partial charge on any atom is 0.263 e. The molecule has 3 aromatic rings. The molecule has 0 saturated carbocycles. The van der Waals surface area contributed by atoms with E-state index in [9.17, 15) is 13.6 Å². The van der Waals surface area contributed by atoms with E-state index >= 15 is 0 Å². The number of rotatable bonds is 3. The lowest BCUT2D eigenvalue weighted by molar-refractivity contribution is 0.101. The van der Waals surface area contributed by atoms with Crippen LogP contribution in [0, 0.1) is 11.6 Å². The minimum Gasteiger partial charge on any atom is -0.369 e. The Morgan fingerprint density at radius 2 is 1.93 bits per heavy atom. The van der Waals surface area contributed by atoms with Gasteiger partial charge in [0.1, 0.15) is 22.7 Å². The van der Waals surface area contributed by atoms with Crippen LogP contribution in [-0.2, 0) is 0 Å². The van der Waals surface area contributed by atoms with E-state index < -0.39 is 23.1 Å². The third kappa shape index (κ3) is 3.60. The van der Waals surface area contributed by atoms with Gasteiger partial charge in [0.05, 0.1) is 9.72 Å². The van der Waals surface area contributed by atoms with Gasteiger partial charge in [-0.15, -0.1) is 0 Å². The first-order valence-corrected chi connectivity index (χ1v) is 9.53. The zero-order valence-electron chi connectivity index (χ0n) is 14.1. The molecule has 1 aliphatic heterocycles. The molecule has 1 aliphatic rings. The second-order valence-corrected chi connectivity index (χ2v) is 7.52. The average molecular weight is 409 g/mol. The molecule has 140 valence electrons. The van der Waals surface area contributed by atoms with Crippen molar-refractivity contribution in [1.82, 2.24) is 10.3 Å². The van der Waals surface area contributed by atoms with Crippen molar-refractivity contribution in [2.45, 2.75) is 0 Å². The summed E-state index contributed by atoms with van der Waals surface area (Å²) in [7, 11) is 0. The molecule has 1 aromatic heterocycles. The van der Waals surface area contributed by atoms with Gasteiger partial charge in [0.2, 0.25) is 0 Å². The molecular weight excluding hydrogens is 394 g/mol. The van der Waals surface area contributed by atoms with E-state index in [-0.39, 0.29) is 5.13 Å². The molecule has 2 N–H and O–H groups in total. The number of hydrogen-bond acceptors (Lipinski definition) is 5. The van der Waals surface area contributed by atoms with E-state index in [0.717, 1.165) is 17.8 Å². The zero-order valence-corrected chi connectivity index (χ0v) is 15.6. The average Bonchev–Trinajstić information content (AvgIpc) is 3.05. The number of carbonyl (C=O) groups is 1. The molecule has 9 heteroatoms. The summed E-state index contributed by atoms with van der Waals surface area (Å²) in [6.07, 6.45) is 0. The van der Waals surface area contributed by atoms with Crippen LogP contribution in [0.2, 0.25) is 5.02 Å². The predicted molar refractivity (Wildman–Crippen MR) is 104 cm³/mol. The van der Waals surface area contributed by atoms with Crippen molar-refractivity contribution < 1.29 is 13.6 Å². The highest BCUT2D eigenvalue weighted by atomic mass is 35.5. The third-order valence-electron chi connectivity index (χ3n) is 4.33. The van der Waals surface area contributed by atoms with Crippen LogP contribution >= 0.6 is 22.9 Å². The lowest BCUT2D eigenvalue weighted by Gasteiger charge is -2.29. The number of carbonyl (C=O) groups excluding carboxylic acids is 1. The van der Waals surface area contributed by atoms with Gasteiger partial charge in [-0.1, -0.05) is 29.0 Å². The van der Waals surface area contributed by atoms with Crippen LogP contribution < -0.4 is 15.5 Å². The Hall–Kier alpha value is -2.29. The number of piperazine rings is 1. The van der Waals surface area contributed by atoms with Crippen LogP contribution in [0.15, 0.2) is 30.3 Å². The molecule has 1 fully saturated rings. The number of benzene rings is 2. The molecular formula is C18H15ClF2N4OS. The van der Waals surface area contributed by atoms with Gasteiger partial charge in [-0.2, -0.15) is 0 Å². The van der Waals surface area contributed by atoms with E-state index in [1.807, 2.05) is 4.90 Å². The fourth-order valence-corrected chi connectivity index (χ4v) is 4.17. The Labute approximate surface area is 163 Å². The van der Waals surface area contributed by atoms with E-state index in [1.54, 1.807) is 18.2 Å². The summed E-state index contributed by atoms with van der Waals surface area (Å²) < 4.78 is 29.8. The van der Waals surface area contributed by atoms with Gasteiger partial charge in [-0.25, -0.2) is 13.8 Å². The van der Waals surface area contributed by atoms with Crippen molar-refractivity contribution in [1.29, 1.82) is 0 Å². The van der Waals surface area contributed by atoms with Crippen molar-refractivity contribution in [3.8, 4) is 0 Å². The van der Waals surface area contributed by atoms with E-state index in [0.29, 0.717) is 29.3 Å². The quantitative estimate of drug-likeness (QED) is 0.690. The van der Waals surface area contributed by atoms with Crippen LogP contribution in [0.25, 0.3) is 10.2 Å². The number of thiazole rings is 1. The topological polar surface area (TPSA) is 57.3 Å². The van der Waals surface area contributed by atoms with Gasteiger partial charge in [-0.3, -0.25) is 10.1 Å². The molecule has 1 saturated heterocycles. The normalized spacial score (nSPS) is 14.6. The first-order valence-electron chi connectivity index (χ1n) is 8.34. The molecule has 4 rings (SSSR count). The summed E-state index contributed by atoms with van der Waals surface area (Å²) in [6.45, 7) is 2.78. The Kier molecular flexibility index (Phi) is 4.94. The molecule has 27 heavy (non-hydrogen) atoms. The molecule has 1 amide bonds. The van der Waals surface area contributed by atoms with Crippen molar-refractivity contribution in [3.63, 3.8) is 0 Å². The van der Waals surface area contributed by atoms with Crippen LogP contribution in [0.3, 0.4) is 0 Å². The summed E-state index contributed by atoms with van der Waals surface area (Å²) >= 11 is 7.25. The molecule has 0 unspecified atom stereocenters. The lowest BCUT2D eigenvalue weighted by atomic mass is 10.1. The first-order chi connectivity index (χ1) is 13.0. The largest absolute Gasteiger partial charge is 0.369 e. The van der Waals surface area contributed by atoms with E-state index in [2.05, 4.69) is 15.6 Å². The fraction of sp³-hybridized carbons (Fsp3) is 0.222. The van der Waals surface area contributed by atoms with Crippen LogP contribution in [0.5, 0.6) is 0 Å². The Balaban J connectivity index is 1.60. The maximum absolute atomic E-state index is 14.5. The van der Waals surface area contributed by atoms with Crippen molar-refractivity contribution in [2.24, 2.45) is 0 Å². The van der Waals surface area contributed by atoms with Crippen molar-refractivity contribution in [3.05, 3.63) is 52.6 Å². The second-order valence-electron chi connectivity index (χ2n) is 6.08.